The second-order valence-electron chi connectivity index (χ2n) is 7.04. The fraction of sp³-hybridized carbons (Fsp3) is 0.500. The van der Waals surface area contributed by atoms with Gasteiger partial charge in [0.05, 0.1) is 7.11 Å². The average Bonchev–Trinajstić information content (AvgIpc) is 2.68. The fourth-order valence-corrected chi connectivity index (χ4v) is 3.09. The summed E-state index contributed by atoms with van der Waals surface area (Å²) in [6.07, 6.45) is 2.79. The smallest absolute Gasteiger partial charge is 0.134 e. The van der Waals surface area contributed by atoms with Gasteiger partial charge in [-0.05, 0) is 36.6 Å². The Balaban J connectivity index is 1.55. The van der Waals surface area contributed by atoms with E-state index < -0.39 is 0 Å². The third kappa shape index (κ3) is 4.77. The molecule has 3 rings (SSSR count). The highest BCUT2D eigenvalue weighted by atomic mass is 16.5. The van der Waals surface area contributed by atoms with Crippen molar-refractivity contribution < 1.29 is 4.74 Å². The minimum atomic E-state index is 0.690. The summed E-state index contributed by atoms with van der Waals surface area (Å²) in [5.41, 5.74) is 1.24. The van der Waals surface area contributed by atoms with E-state index in [2.05, 4.69) is 57.1 Å². The molecule has 0 aliphatic carbocycles. The summed E-state index contributed by atoms with van der Waals surface area (Å²) >= 11 is 0. The molecule has 26 heavy (non-hydrogen) atoms. The molecule has 140 valence electrons. The van der Waals surface area contributed by atoms with E-state index in [-0.39, 0.29) is 0 Å². The van der Waals surface area contributed by atoms with Gasteiger partial charge in [-0.15, -0.1) is 0 Å². The van der Waals surface area contributed by atoms with Crippen LogP contribution in [0.5, 0.6) is 5.75 Å². The summed E-state index contributed by atoms with van der Waals surface area (Å²) < 4.78 is 5.24. The minimum Gasteiger partial charge on any atom is -0.497 e. The molecule has 6 heteroatoms. The summed E-state index contributed by atoms with van der Waals surface area (Å²) in [4.78, 5) is 13.5. The van der Waals surface area contributed by atoms with Crippen molar-refractivity contribution in [1.82, 2.24) is 9.97 Å². The molecule has 1 aromatic heterocycles. The van der Waals surface area contributed by atoms with Crippen LogP contribution in [0.1, 0.15) is 20.3 Å². The Hall–Kier alpha value is -2.50. The third-order valence-electron chi connectivity index (χ3n) is 4.72. The number of hydrogen-bond acceptors (Lipinski definition) is 6. The molecular weight excluding hydrogens is 326 g/mol. The Kier molecular flexibility index (Phi) is 6.15. The van der Waals surface area contributed by atoms with Gasteiger partial charge in [0.15, 0.2) is 0 Å². The summed E-state index contributed by atoms with van der Waals surface area (Å²) in [6.45, 7) is 9.27. The van der Waals surface area contributed by atoms with Crippen LogP contribution in [0.3, 0.4) is 0 Å². The van der Waals surface area contributed by atoms with E-state index in [9.17, 15) is 0 Å². The molecule has 0 atom stereocenters. The van der Waals surface area contributed by atoms with E-state index in [1.54, 1.807) is 13.4 Å². The van der Waals surface area contributed by atoms with Crippen molar-refractivity contribution >= 4 is 17.3 Å². The third-order valence-corrected chi connectivity index (χ3v) is 4.72. The maximum atomic E-state index is 5.24. The molecule has 2 aromatic rings. The number of rotatable bonds is 7. The van der Waals surface area contributed by atoms with Crippen LogP contribution in [0.4, 0.5) is 17.3 Å². The highest BCUT2D eigenvalue weighted by molar-refractivity contribution is 5.53. The largest absolute Gasteiger partial charge is 0.497 e. The first-order valence-corrected chi connectivity index (χ1v) is 9.35. The second-order valence-corrected chi connectivity index (χ2v) is 7.04. The number of anilines is 3. The van der Waals surface area contributed by atoms with Crippen molar-refractivity contribution in [2.75, 3.05) is 55.0 Å². The number of nitrogens with zero attached hydrogens (tertiary/aromatic N) is 4. The molecule has 1 aromatic carbocycles. The van der Waals surface area contributed by atoms with E-state index in [0.29, 0.717) is 5.92 Å². The van der Waals surface area contributed by atoms with Gasteiger partial charge in [0.2, 0.25) is 0 Å². The van der Waals surface area contributed by atoms with E-state index in [4.69, 9.17) is 4.74 Å². The predicted molar refractivity (Wildman–Crippen MR) is 107 cm³/mol. The van der Waals surface area contributed by atoms with Crippen LogP contribution in [0.15, 0.2) is 36.7 Å². The molecule has 1 fully saturated rings. The van der Waals surface area contributed by atoms with E-state index in [1.807, 2.05) is 12.1 Å². The standard InChI is InChI=1S/C20H29N5O/c1-16(2)8-9-21-19-14-20(23-15-22-19)25-12-10-24(11-13-25)17-4-6-18(26-3)7-5-17/h4-7,14-16H,8-13H2,1-3H3,(H,21,22,23). The predicted octanol–water partition coefficient (Wildman–Crippen LogP) is 3.27. The number of nitrogens with one attached hydrogen (secondary N) is 1. The lowest BCUT2D eigenvalue weighted by atomic mass is 10.1. The zero-order chi connectivity index (χ0) is 18.4. The molecule has 0 unspecified atom stereocenters. The van der Waals surface area contributed by atoms with Crippen molar-refractivity contribution in [2.24, 2.45) is 5.92 Å². The van der Waals surface area contributed by atoms with Crippen LogP contribution < -0.4 is 19.9 Å². The molecule has 6 nitrogen and oxygen atoms in total. The van der Waals surface area contributed by atoms with Gasteiger partial charge in [-0.25, -0.2) is 9.97 Å². The molecule has 1 saturated heterocycles. The molecule has 0 amide bonds. The highest BCUT2D eigenvalue weighted by Gasteiger charge is 2.18. The maximum absolute atomic E-state index is 5.24. The Bertz CT molecular complexity index is 681. The Morgan fingerprint density at radius 3 is 2.38 bits per heavy atom. The zero-order valence-electron chi connectivity index (χ0n) is 16.0. The number of methoxy groups -OCH3 is 1. The van der Waals surface area contributed by atoms with Crippen LogP contribution in [0, 0.1) is 5.92 Å². The summed E-state index contributed by atoms with van der Waals surface area (Å²) in [5.74, 6) is 3.50. The van der Waals surface area contributed by atoms with Gasteiger partial charge in [-0.2, -0.15) is 0 Å². The van der Waals surface area contributed by atoms with Gasteiger partial charge in [0.25, 0.3) is 0 Å². The van der Waals surface area contributed by atoms with Gasteiger partial charge in [0, 0.05) is 44.5 Å². The number of aromatic nitrogens is 2. The Morgan fingerprint density at radius 1 is 1.04 bits per heavy atom. The average molecular weight is 355 g/mol. The molecule has 2 heterocycles. The van der Waals surface area contributed by atoms with Crippen molar-refractivity contribution in [3.05, 3.63) is 36.7 Å². The van der Waals surface area contributed by atoms with Gasteiger partial charge in [0.1, 0.15) is 23.7 Å². The first kappa shape index (κ1) is 18.3. The fourth-order valence-electron chi connectivity index (χ4n) is 3.09. The molecule has 0 spiro atoms. The second kappa shape index (κ2) is 8.74. The molecule has 0 bridgehead atoms. The van der Waals surface area contributed by atoms with Crippen molar-refractivity contribution in [1.29, 1.82) is 0 Å². The van der Waals surface area contributed by atoms with Crippen molar-refractivity contribution in [3.63, 3.8) is 0 Å². The Morgan fingerprint density at radius 2 is 1.73 bits per heavy atom. The SMILES string of the molecule is COc1ccc(N2CCN(c3cc(NCCC(C)C)ncn3)CC2)cc1. The first-order chi connectivity index (χ1) is 12.7. The van der Waals surface area contributed by atoms with Crippen LogP contribution in [-0.2, 0) is 0 Å². The van der Waals surface area contributed by atoms with Gasteiger partial charge >= 0.3 is 0 Å². The van der Waals surface area contributed by atoms with Crippen LogP contribution >= 0.6 is 0 Å². The topological polar surface area (TPSA) is 53.5 Å². The quantitative estimate of drug-likeness (QED) is 0.823. The lowest BCUT2D eigenvalue weighted by Gasteiger charge is -2.36. The molecule has 1 N–H and O–H groups in total. The van der Waals surface area contributed by atoms with Gasteiger partial charge < -0.3 is 19.9 Å². The highest BCUT2D eigenvalue weighted by Crippen LogP contribution is 2.22. The lowest BCUT2D eigenvalue weighted by molar-refractivity contribution is 0.415. The van der Waals surface area contributed by atoms with Gasteiger partial charge in [-0.1, -0.05) is 13.8 Å². The number of piperazine rings is 1. The monoisotopic (exact) mass is 355 g/mol. The Labute approximate surface area is 156 Å². The van der Waals surface area contributed by atoms with E-state index >= 15 is 0 Å². The number of hydrogen-bond donors (Lipinski definition) is 1. The summed E-state index contributed by atoms with van der Waals surface area (Å²) in [5, 5.41) is 3.40. The molecule has 0 saturated carbocycles. The molecule has 0 radical (unpaired) electrons. The molecule has 1 aliphatic rings. The van der Waals surface area contributed by atoms with E-state index in [0.717, 1.165) is 56.5 Å². The molecule has 1 aliphatic heterocycles. The number of benzene rings is 1. The number of ether oxygens (including phenoxy) is 1. The van der Waals surface area contributed by atoms with Crippen molar-refractivity contribution in [3.8, 4) is 5.75 Å². The first-order valence-electron chi connectivity index (χ1n) is 9.35. The maximum Gasteiger partial charge on any atom is 0.134 e. The van der Waals surface area contributed by atoms with Crippen LogP contribution in [0.25, 0.3) is 0 Å². The molecular formula is C20H29N5O. The summed E-state index contributed by atoms with van der Waals surface area (Å²) in [6, 6.07) is 10.3. The lowest BCUT2D eigenvalue weighted by Crippen LogP contribution is -2.46. The van der Waals surface area contributed by atoms with Crippen molar-refractivity contribution in [2.45, 2.75) is 20.3 Å². The van der Waals surface area contributed by atoms with E-state index in [1.165, 1.54) is 5.69 Å². The minimum absolute atomic E-state index is 0.690. The van der Waals surface area contributed by atoms with Crippen LogP contribution in [-0.4, -0.2) is 49.8 Å². The van der Waals surface area contributed by atoms with Crippen LogP contribution in [0.2, 0.25) is 0 Å². The zero-order valence-corrected chi connectivity index (χ0v) is 16.0. The van der Waals surface area contributed by atoms with Gasteiger partial charge in [-0.3, -0.25) is 0 Å². The summed E-state index contributed by atoms with van der Waals surface area (Å²) in [7, 11) is 1.70. The normalized spacial score (nSPS) is 14.6.